The van der Waals surface area contributed by atoms with E-state index in [1.54, 1.807) is 0 Å². The minimum absolute atomic E-state index is 0.265. The molecule has 4 aliphatic rings. The molecule has 0 heterocycles. The maximum absolute atomic E-state index is 12.2. The molecule has 0 radical (unpaired) electrons. The third-order valence-electron chi connectivity index (χ3n) is 8.97. The van der Waals surface area contributed by atoms with Gasteiger partial charge in [-0.05, 0) is 86.4 Å². The van der Waals surface area contributed by atoms with Crippen LogP contribution in [-0.2, 0) is 9.59 Å². The monoisotopic (exact) mass is 316 g/mol. The van der Waals surface area contributed by atoms with Crippen molar-refractivity contribution in [2.24, 2.45) is 40.4 Å². The van der Waals surface area contributed by atoms with Gasteiger partial charge in [-0.15, -0.1) is 0 Å². The summed E-state index contributed by atoms with van der Waals surface area (Å²) >= 11 is 0. The summed E-state index contributed by atoms with van der Waals surface area (Å²) in [6.07, 6.45) is 10.3. The molecule has 7 atom stereocenters. The van der Waals surface area contributed by atoms with E-state index in [2.05, 4.69) is 13.8 Å². The Balaban J connectivity index is 1.63. The van der Waals surface area contributed by atoms with Crippen molar-refractivity contribution in [1.82, 2.24) is 0 Å². The highest BCUT2D eigenvalue weighted by molar-refractivity contribution is 5.80. The minimum atomic E-state index is 0.265. The maximum Gasteiger partial charge on any atom is 0.133 e. The summed E-state index contributed by atoms with van der Waals surface area (Å²) in [5, 5.41) is 0. The number of Topliss-reactive ketones (excluding diaryl/α,β-unsaturated/α-hetero) is 2. The van der Waals surface area contributed by atoms with Crippen LogP contribution in [0.25, 0.3) is 0 Å². The van der Waals surface area contributed by atoms with Gasteiger partial charge in [0.2, 0.25) is 0 Å². The van der Waals surface area contributed by atoms with E-state index >= 15 is 0 Å². The Hall–Kier alpha value is -0.660. The van der Waals surface area contributed by atoms with Crippen LogP contribution in [0.1, 0.15) is 78.6 Å². The van der Waals surface area contributed by atoms with Gasteiger partial charge < -0.3 is 0 Å². The van der Waals surface area contributed by atoms with Gasteiger partial charge in [0, 0.05) is 18.8 Å². The number of carbonyl (C=O) groups excluding carboxylic acids is 2. The SMILES string of the molecule is CC(=O)[C@H]1CC[C@@H]2[C@H]3CC[C@H]4CC(=O)CC[C@]4(C)[C@H]3CC[C@@]12C. The van der Waals surface area contributed by atoms with Gasteiger partial charge in [0.25, 0.3) is 0 Å². The molecule has 0 spiro atoms. The first-order chi connectivity index (χ1) is 10.9. The zero-order valence-corrected chi connectivity index (χ0v) is 15.1. The van der Waals surface area contributed by atoms with Gasteiger partial charge in [-0.3, -0.25) is 9.59 Å². The molecule has 0 bridgehead atoms. The average Bonchev–Trinajstić information content (AvgIpc) is 2.85. The second-order valence-electron chi connectivity index (χ2n) is 9.68. The standard InChI is InChI=1S/C21H32O2/c1-13(22)17-6-7-18-16-5-4-14-12-15(23)8-10-20(14,2)19(16)9-11-21(17,18)3/h14,16-19H,4-12H2,1-3H3/t14-,16+,17+,18+,19-,20-,21-/m0/s1. The smallest absolute Gasteiger partial charge is 0.133 e. The summed E-state index contributed by atoms with van der Waals surface area (Å²) < 4.78 is 0. The molecule has 4 rings (SSSR count). The molecule has 4 saturated carbocycles. The van der Waals surface area contributed by atoms with Crippen LogP contribution in [0.5, 0.6) is 0 Å². The van der Waals surface area contributed by atoms with Crippen molar-refractivity contribution in [1.29, 1.82) is 0 Å². The van der Waals surface area contributed by atoms with Crippen molar-refractivity contribution < 1.29 is 9.59 Å². The van der Waals surface area contributed by atoms with Gasteiger partial charge >= 0.3 is 0 Å². The molecule has 0 aromatic carbocycles. The molecule has 0 amide bonds. The van der Waals surface area contributed by atoms with Gasteiger partial charge in [0.15, 0.2) is 0 Å². The third-order valence-corrected chi connectivity index (χ3v) is 8.97. The van der Waals surface area contributed by atoms with Gasteiger partial charge in [0.1, 0.15) is 11.6 Å². The van der Waals surface area contributed by atoms with Crippen LogP contribution in [0.3, 0.4) is 0 Å². The summed E-state index contributed by atoms with van der Waals surface area (Å²) in [4.78, 5) is 24.1. The van der Waals surface area contributed by atoms with Crippen molar-refractivity contribution in [2.75, 3.05) is 0 Å². The quantitative estimate of drug-likeness (QED) is 0.696. The zero-order chi connectivity index (χ0) is 16.4. The lowest BCUT2D eigenvalue weighted by Gasteiger charge is -2.60. The van der Waals surface area contributed by atoms with Crippen molar-refractivity contribution in [2.45, 2.75) is 78.6 Å². The van der Waals surface area contributed by atoms with E-state index in [0.29, 0.717) is 28.8 Å². The minimum Gasteiger partial charge on any atom is -0.300 e. The Morgan fingerprint density at radius 3 is 2.43 bits per heavy atom. The van der Waals surface area contributed by atoms with Crippen LogP contribution >= 0.6 is 0 Å². The lowest BCUT2D eigenvalue weighted by Crippen LogP contribution is -2.53. The average molecular weight is 316 g/mol. The van der Waals surface area contributed by atoms with Crippen LogP contribution in [0.2, 0.25) is 0 Å². The van der Waals surface area contributed by atoms with E-state index in [-0.39, 0.29) is 5.41 Å². The Kier molecular flexibility index (Phi) is 3.56. The molecule has 4 aliphatic carbocycles. The first-order valence-corrected chi connectivity index (χ1v) is 9.88. The first kappa shape index (κ1) is 15.8. The number of hydrogen-bond donors (Lipinski definition) is 0. The fraction of sp³-hybridized carbons (Fsp3) is 0.905. The van der Waals surface area contributed by atoms with E-state index in [1.807, 2.05) is 6.92 Å². The third kappa shape index (κ3) is 2.12. The molecule has 0 aromatic rings. The van der Waals surface area contributed by atoms with Crippen molar-refractivity contribution in [3.8, 4) is 0 Å². The normalized spacial score (nSPS) is 52.5. The number of rotatable bonds is 1. The van der Waals surface area contributed by atoms with E-state index in [1.165, 1.54) is 32.1 Å². The highest BCUT2D eigenvalue weighted by atomic mass is 16.1. The number of hydrogen-bond acceptors (Lipinski definition) is 2. The molecule has 128 valence electrons. The molecule has 0 N–H and O–H groups in total. The number of fused-ring (bicyclic) bond motifs is 5. The highest BCUT2D eigenvalue weighted by Crippen LogP contribution is 2.67. The van der Waals surface area contributed by atoms with Gasteiger partial charge in [0.05, 0.1) is 0 Å². The van der Waals surface area contributed by atoms with E-state index in [9.17, 15) is 9.59 Å². The van der Waals surface area contributed by atoms with Crippen LogP contribution in [0.4, 0.5) is 0 Å². The van der Waals surface area contributed by atoms with Gasteiger partial charge in [-0.2, -0.15) is 0 Å². The molecule has 2 nitrogen and oxygen atoms in total. The molecule has 0 unspecified atom stereocenters. The molecular formula is C21H32O2. The van der Waals surface area contributed by atoms with Crippen LogP contribution in [0.15, 0.2) is 0 Å². The molecule has 0 aromatic heterocycles. The van der Waals surface area contributed by atoms with Crippen molar-refractivity contribution in [3.05, 3.63) is 0 Å². The van der Waals surface area contributed by atoms with Crippen molar-refractivity contribution >= 4 is 11.6 Å². The maximum atomic E-state index is 12.2. The summed E-state index contributed by atoms with van der Waals surface area (Å²) in [7, 11) is 0. The van der Waals surface area contributed by atoms with Crippen LogP contribution < -0.4 is 0 Å². The lowest BCUT2D eigenvalue weighted by molar-refractivity contribution is -0.143. The number of carbonyl (C=O) groups is 2. The van der Waals surface area contributed by atoms with Crippen LogP contribution in [0, 0.1) is 40.4 Å². The molecule has 2 heteroatoms. The molecule has 23 heavy (non-hydrogen) atoms. The Labute approximate surface area is 140 Å². The Bertz CT molecular complexity index is 538. The summed E-state index contributed by atoms with van der Waals surface area (Å²) in [5.41, 5.74) is 0.660. The predicted molar refractivity (Wildman–Crippen MR) is 90.9 cm³/mol. The Morgan fingerprint density at radius 2 is 1.70 bits per heavy atom. The largest absolute Gasteiger partial charge is 0.300 e. The van der Waals surface area contributed by atoms with E-state index < -0.39 is 0 Å². The lowest BCUT2D eigenvalue weighted by atomic mass is 9.44. The van der Waals surface area contributed by atoms with E-state index in [4.69, 9.17) is 0 Å². The fourth-order valence-corrected chi connectivity index (χ4v) is 7.71. The number of ketones is 2. The topological polar surface area (TPSA) is 34.1 Å². The molecule has 0 saturated heterocycles. The molecular weight excluding hydrogens is 284 g/mol. The molecule has 4 fully saturated rings. The van der Waals surface area contributed by atoms with Crippen LogP contribution in [-0.4, -0.2) is 11.6 Å². The first-order valence-electron chi connectivity index (χ1n) is 9.88. The predicted octanol–water partition coefficient (Wildman–Crippen LogP) is 4.80. The highest BCUT2D eigenvalue weighted by Gasteiger charge is 2.60. The summed E-state index contributed by atoms with van der Waals surface area (Å²) in [6, 6.07) is 0. The molecule has 0 aliphatic heterocycles. The second-order valence-corrected chi connectivity index (χ2v) is 9.68. The fourth-order valence-electron chi connectivity index (χ4n) is 7.71. The van der Waals surface area contributed by atoms with Gasteiger partial charge in [-0.1, -0.05) is 13.8 Å². The zero-order valence-electron chi connectivity index (χ0n) is 15.1. The van der Waals surface area contributed by atoms with E-state index in [0.717, 1.165) is 43.4 Å². The Morgan fingerprint density at radius 1 is 0.957 bits per heavy atom. The summed E-state index contributed by atoms with van der Waals surface area (Å²) in [6.45, 7) is 6.74. The second kappa shape index (κ2) is 5.17. The van der Waals surface area contributed by atoms with Gasteiger partial charge in [-0.25, -0.2) is 0 Å². The summed E-state index contributed by atoms with van der Waals surface area (Å²) in [5.74, 6) is 4.25. The van der Waals surface area contributed by atoms with Crippen molar-refractivity contribution in [3.63, 3.8) is 0 Å².